The first-order valence-corrected chi connectivity index (χ1v) is 6.23. The third kappa shape index (κ3) is 5.45. The smallest absolute Gasteiger partial charge is 0.240 e. The van der Waals surface area contributed by atoms with Gasteiger partial charge in [0.1, 0.15) is 5.82 Å². The van der Waals surface area contributed by atoms with Crippen molar-refractivity contribution in [3.8, 4) is 0 Å². The van der Waals surface area contributed by atoms with Crippen LogP contribution in [-0.4, -0.2) is 20.5 Å². The van der Waals surface area contributed by atoms with Crippen molar-refractivity contribution in [1.82, 2.24) is 4.72 Å². The van der Waals surface area contributed by atoms with Crippen molar-refractivity contribution >= 4 is 22.4 Å². The summed E-state index contributed by atoms with van der Waals surface area (Å²) in [6.07, 6.45) is 0. The van der Waals surface area contributed by atoms with Crippen LogP contribution >= 0.6 is 12.4 Å². The van der Waals surface area contributed by atoms with Crippen LogP contribution in [0.2, 0.25) is 0 Å². The molecule has 0 amide bonds. The average Bonchev–Trinajstić information content (AvgIpc) is 2.14. The fourth-order valence-electron chi connectivity index (χ4n) is 0.999. The summed E-state index contributed by atoms with van der Waals surface area (Å²) in [4.78, 5) is -0.100. The minimum absolute atomic E-state index is 0. The predicted molar refractivity (Wildman–Crippen MR) is 67.1 cm³/mol. The molecule has 1 aromatic carbocycles. The fourth-order valence-corrected chi connectivity index (χ4v) is 2.25. The van der Waals surface area contributed by atoms with Gasteiger partial charge in [-0.2, -0.15) is 0 Å². The number of rotatable bonds is 4. The molecule has 3 N–H and O–H groups in total. The SMILES string of the molecule is CC(C)(N)CNS(=O)(=O)c1cccc(F)c1.Cl. The first kappa shape index (κ1) is 16.3. The molecule has 0 aromatic heterocycles. The Morgan fingerprint density at radius 2 is 2.00 bits per heavy atom. The highest BCUT2D eigenvalue weighted by atomic mass is 35.5. The summed E-state index contributed by atoms with van der Waals surface area (Å²) in [5.74, 6) is -0.588. The molecule has 0 aliphatic rings. The topological polar surface area (TPSA) is 72.2 Å². The second-order valence-corrected chi connectivity index (χ2v) is 6.04. The Kier molecular flexibility index (Phi) is 5.54. The molecule has 1 rings (SSSR count). The van der Waals surface area contributed by atoms with E-state index >= 15 is 0 Å². The Morgan fingerprint density at radius 3 is 2.47 bits per heavy atom. The van der Waals surface area contributed by atoms with Crippen LogP contribution in [0.3, 0.4) is 0 Å². The lowest BCUT2D eigenvalue weighted by molar-refractivity contribution is 0.497. The van der Waals surface area contributed by atoms with E-state index in [1.165, 1.54) is 18.2 Å². The van der Waals surface area contributed by atoms with Crippen LogP contribution in [0.15, 0.2) is 29.2 Å². The molecule has 0 bridgehead atoms. The average molecular weight is 283 g/mol. The Bertz CT molecular complexity index is 471. The molecule has 17 heavy (non-hydrogen) atoms. The summed E-state index contributed by atoms with van der Waals surface area (Å²) in [6.45, 7) is 3.48. The van der Waals surface area contributed by atoms with Gasteiger partial charge < -0.3 is 5.73 Å². The molecule has 0 saturated heterocycles. The third-order valence-corrected chi connectivity index (χ3v) is 3.22. The number of nitrogens with two attached hydrogens (primary N) is 1. The van der Waals surface area contributed by atoms with E-state index < -0.39 is 21.4 Å². The van der Waals surface area contributed by atoms with E-state index in [1.807, 2.05) is 0 Å². The maximum absolute atomic E-state index is 12.9. The Labute approximate surface area is 107 Å². The van der Waals surface area contributed by atoms with Crippen LogP contribution < -0.4 is 10.5 Å². The van der Waals surface area contributed by atoms with E-state index in [2.05, 4.69) is 4.72 Å². The molecule has 98 valence electrons. The molecule has 0 radical (unpaired) electrons. The summed E-state index contributed by atoms with van der Waals surface area (Å²) in [6, 6.07) is 4.82. The monoisotopic (exact) mass is 282 g/mol. The van der Waals surface area contributed by atoms with Crippen molar-refractivity contribution in [2.75, 3.05) is 6.54 Å². The molecule has 0 heterocycles. The lowest BCUT2D eigenvalue weighted by Crippen LogP contribution is -2.45. The molecule has 0 saturated carbocycles. The van der Waals surface area contributed by atoms with Crippen molar-refractivity contribution in [2.24, 2.45) is 5.73 Å². The van der Waals surface area contributed by atoms with E-state index in [-0.39, 0.29) is 23.8 Å². The number of halogens is 2. The van der Waals surface area contributed by atoms with Gasteiger partial charge in [0.25, 0.3) is 0 Å². The summed E-state index contributed by atoms with van der Waals surface area (Å²) < 4.78 is 38.6. The molecule has 4 nitrogen and oxygen atoms in total. The van der Waals surface area contributed by atoms with Crippen molar-refractivity contribution in [1.29, 1.82) is 0 Å². The quantitative estimate of drug-likeness (QED) is 0.873. The van der Waals surface area contributed by atoms with Gasteiger partial charge in [0.2, 0.25) is 10.0 Å². The van der Waals surface area contributed by atoms with Crippen LogP contribution in [0.1, 0.15) is 13.8 Å². The van der Waals surface area contributed by atoms with Crippen molar-refractivity contribution < 1.29 is 12.8 Å². The normalized spacial score (nSPS) is 12.0. The van der Waals surface area contributed by atoms with E-state index in [4.69, 9.17) is 5.73 Å². The molecule has 0 unspecified atom stereocenters. The van der Waals surface area contributed by atoms with Crippen molar-refractivity contribution in [3.05, 3.63) is 30.1 Å². The Hall–Kier alpha value is -0.690. The van der Waals surface area contributed by atoms with Crippen molar-refractivity contribution in [3.63, 3.8) is 0 Å². The van der Waals surface area contributed by atoms with Gasteiger partial charge in [0, 0.05) is 12.1 Å². The summed E-state index contributed by atoms with van der Waals surface area (Å²) in [5.41, 5.74) is 5.00. The molecule has 0 aliphatic heterocycles. The largest absolute Gasteiger partial charge is 0.324 e. The van der Waals surface area contributed by atoms with Gasteiger partial charge in [-0.1, -0.05) is 6.07 Å². The summed E-state index contributed by atoms with van der Waals surface area (Å²) in [5, 5.41) is 0. The van der Waals surface area contributed by atoms with Gasteiger partial charge in [-0.25, -0.2) is 17.5 Å². The first-order valence-electron chi connectivity index (χ1n) is 4.75. The lowest BCUT2D eigenvalue weighted by Gasteiger charge is -2.18. The van der Waals surface area contributed by atoms with E-state index in [0.717, 1.165) is 6.07 Å². The molecule has 0 fully saturated rings. The molecule has 0 spiro atoms. The lowest BCUT2D eigenvalue weighted by atomic mass is 10.1. The number of nitrogens with one attached hydrogen (secondary N) is 1. The minimum atomic E-state index is -3.69. The van der Waals surface area contributed by atoms with Crippen LogP contribution in [0.4, 0.5) is 4.39 Å². The fraction of sp³-hybridized carbons (Fsp3) is 0.400. The van der Waals surface area contributed by atoms with Crippen LogP contribution in [0.25, 0.3) is 0 Å². The van der Waals surface area contributed by atoms with Gasteiger partial charge in [-0.05, 0) is 32.0 Å². The minimum Gasteiger partial charge on any atom is -0.324 e. The highest BCUT2D eigenvalue weighted by Gasteiger charge is 2.18. The zero-order valence-electron chi connectivity index (χ0n) is 9.60. The third-order valence-electron chi connectivity index (χ3n) is 1.82. The Morgan fingerprint density at radius 1 is 1.41 bits per heavy atom. The molecule has 7 heteroatoms. The zero-order valence-corrected chi connectivity index (χ0v) is 11.2. The van der Waals surface area contributed by atoms with E-state index in [1.54, 1.807) is 13.8 Å². The summed E-state index contributed by atoms with van der Waals surface area (Å²) >= 11 is 0. The van der Waals surface area contributed by atoms with Crippen LogP contribution in [-0.2, 0) is 10.0 Å². The second kappa shape index (κ2) is 5.77. The van der Waals surface area contributed by atoms with Gasteiger partial charge in [0.15, 0.2) is 0 Å². The van der Waals surface area contributed by atoms with E-state index in [9.17, 15) is 12.8 Å². The predicted octanol–water partition coefficient (Wildman–Crippen LogP) is 1.26. The van der Waals surface area contributed by atoms with Gasteiger partial charge in [-0.15, -0.1) is 12.4 Å². The highest BCUT2D eigenvalue weighted by molar-refractivity contribution is 7.89. The van der Waals surface area contributed by atoms with Gasteiger partial charge in [-0.3, -0.25) is 0 Å². The number of benzene rings is 1. The number of sulfonamides is 1. The maximum Gasteiger partial charge on any atom is 0.240 e. The van der Waals surface area contributed by atoms with Crippen LogP contribution in [0, 0.1) is 5.82 Å². The van der Waals surface area contributed by atoms with E-state index in [0.29, 0.717) is 0 Å². The molecular formula is C10H16ClFN2O2S. The molecule has 0 atom stereocenters. The second-order valence-electron chi connectivity index (χ2n) is 4.27. The zero-order chi connectivity index (χ0) is 12.4. The summed E-state index contributed by atoms with van der Waals surface area (Å²) in [7, 11) is -3.69. The Balaban J connectivity index is 0.00000256. The molecule has 0 aliphatic carbocycles. The number of hydrogen-bond donors (Lipinski definition) is 2. The van der Waals surface area contributed by atoms with Gasteiger partial charge in [0.05, 0.1) is 4.90 Å². The van der Waals surface area contributed by atoms with Gasteiger partial charge >= 0.3 is 0 Å². The standard InChI is InChI=1S/C10H15FN2O2S.ClH/c1-10(2,12)7-13-16(14,15)9-5-3-4-8(11)6-9;/h3-6,13H,7,12H2,1-2H3;1H. The van der Waals surface area contributed by atoms with Crippen molar-refractivity contribution in [2.45, 2.75) is 24.3 Å². The molecule has 1 aromatic rings. The number of hydrogen-bond acceptors (Lipinski definition) is 3. The molecular weight excluding hydrogens is 267 g/mol. The first-order chi connectivity index (χ1) is 7.21. The highest BCUT2D eigenvalue weighted by Crippen LogP contribution is 2.10. The maximum atomic E-state index is 12.9. The van der Waals surface area contributed by atoms with Crippen LogP contribution in [0.5, 0.6) is 0 Å².